The Hall–Kier alpha value is -5.60. The molecule has 0 radical (unpaired) electrons. The van der Waals surface area contributed by atoms with Crippen LogP contribution in [0.15, 0.2) is 158 Å². The van der Waals surface area contributed by atoms with Gasteiger partial charge in [0.2, 0.25) is 0 Å². The summed E-state index contributed by atoms with van der Waals surface area (Å²) >= 11 is 5.95. The third-order valence-electron chi connectivity index (χ3n) is 11.6. The predicted octanol–water partition coefficient (Wildman–Crippen LogP) is 5.84. The molecule has 436 valence electrons. The van der Waals surface area contributed by atoms with Gasteiger partial charge in [0.25, 0.3) is 5.91 Å². The first-order chi connectivity index (χ1) is 37.8. The van der Waals surface area contributed by atoms with Gasteiger partial charge in [0, 0.05) is 31.8 Å². The molecule has 0 bridgehead atoms. The van der Waals surface area contributed by atoms with E-state index in [-0.39, 0.29) is 79.9 Å². The van der Waals surface area contributed by atoms with Crippen molar-refractivity contribution in [3.8, 4) is 28.7 Å². The third-order valence-corrected chi connectivity index (χ3v) is 11.8. The van der Waals surface area contributed by atoms with Crippen molar-refractivity contribution in [2.45, 2.75) is 70.2 Å². The standard InChI is InChI=1S/C22H30N2O6.C20H23ClO4.C19H22O4.2ClH.Na/c1-27-13-12-24-22(26)17-30-21-9-7-20(8-10-21)28-14-11-23-15-18(25)16-29-19-5-3-2-4-6-19;1-14(5-10-19(22)16-3-2-4-17(21)12-16)11-15-6-8-18(9-7-15)25-13-20(23)24;20-18(16-6-2-1-3-7-16)8-4-5-13-23-17-11-9-15(10-12-17)14-19(21)22;;;/h2-10,18,23,25H,11-17H2,1H3,(H,24,26);2-4,6-9,12,14,19,22H,5,10-11,13H2,1H3,(H,23,24);1-3,6-7,9-12,18,20H,4-5,8,13-14H2,(H,21,22);2*1H;/q;;;;;+1/p-1/t18-;14-,19-;18-;;;/m000.../s1. The van der Waals surface area contributed by atoms with Crippen molar-refractivity contribution in [3.05, 3.63) is 185 Å². The number of carboxylic acid groups (broad SMARTS) is 2. The molecule has 6 rings (SSSR count). The summed E-state index contributed by atoms with van der Waals surface area (Å²) in [5.41, 5.74) is 3.69. The summed E-state index contributed by atoms with van der Waals surface area (Å²) in [4.78, 5) is 32.5. The normalized spacial score (nSPS) is 11.7. The molecule has 0 aromatic heterocycles. The van der Waals surface area contributed by atoms with Gasteiger partial charge in [0.05, 0.1) is 37.8 Å². The fourth-order valence-corrected chi connectivity index (χ4v) is 7.64. The molecule has 4 atom stereocenters. The third kappa shape index (κ3) is 33.8. The number of amides is 1. The zero-order valence-corrected chi connectivity index (χ0v) is 50.6. The molecule has 20 heteroatoms. The van der Waals surface area contributed by atoms with Gasteiger partial charge in [-0.2, -0.15) is 0 Å². The van der Waals surface area contributed by atoms with Gasteiger partial charge in [-0.1, -0.05) is 103 Å². The Morgan fingerprint density at radius 1 is 0.580 bits per heavy atom. The van der Waals surface area contributed by atoms with Gasteiger partial charge < -0.3 is 69.4 Å². The van der Waals surface area contributed by atoms with Crippen LogP contribution in [0.5, 0.6) is 28.7 Å². The quantitative estimate of drug-likeness (QED) is 0.0210. The zero-order valence-electron chi connectivity index (χ0n) is 46.2. The molecular weight excluding hydrogens is 1110 g/mol. The minimum Gasteiger partial charge on any atom is -0.546 e. The van der Waals surface area contributed by atoms with Crippen LogP contribution in [0.3, 0.4) is 0 Å². The van der Waals surface area contributed by atoms with Gasteiger partial charge in [-0.25, -0.2) is 0 Å². The van der Waals surface area contributed by atoms with Gasteiger partial charge in [-0.3, -0.25) is 9.59 Å². The number of aliphatic hydroxyl groups excluding tert-OH is 3. The van der Waals surface area contributed by atoms with Crippen LogP contribution in [-0.4, -0.2) is 111 Å². The van der Waals surface area contributed by atoms with E-state index in [1.54, 1.807) is 79.9 Å². The van der Waals surface area contributed by atoms with Crippen molar-refractivity contribution in [2.75, 3.05) is 66.4 Å². The average molecular weight is 1190 g/mol. The van der Waals surface area contributed by atoms with Crippen LogP contribution < -0.4 is 69.0 Å². The molecule has 0 heterocycles. The van der Waals surface area contributed by atoms with Crippen molar-refractivity contribution < 1.29 is 97.9 Å². The van der Waals surface area contributed by atoms with E-state index in [0.29, 0.717) is 80.5 Å². The summed E-state index contributed by atoms with van der Waals surface area (Å²) in [6, 6.07) is 47.9. The number of para-hydroxylation sites is 1. The molecule has 0 aliphatic rings. The molecule has 16 nitrogen and oxygen atoms in total. The molecule has 0 unspecified atom stereocenters. The number of hydrogen-bond donors (Lipinski definition) is 6. The maximum atomic E-state index is 11.6. The van der Waals surface area contributed by atoms with Crippen LogP contribution in [0, 0.1) is 5.92 Å². The van der Waals surface area contributed by atoms with Crippen LogP contribution in [0.4, 0.5) is 0 Å². The van der Waals surface area contributed by atoms with E-state index >= 15 is 0 Å². The van der Waals surface area contributed by atoms with Gasteiger partial charge in [0.15, 0.2) is 6.61 Å². The Morgan fingerprint density at radius 2 is 1.11 bits per heavy atom. The van der Waals surface area contributed by atoms with Crippen LogP contribution in [0.1, 0.15) is 73.5 Å². The Balaban J connectivity index is 0.000000602. The van der Waals surface area contributed by atoms with Gasteiger partial charge in [-0.05, 0) is 139 Å². The maximum Gasteiger partial charge on any atom is 1.00 e. The minimum absolute atomic E-state index is 0. The summed E-state index contributed by atoms with van der Waals surface area (Å²) in [5.74, 6) is 1.40. The van der Waals surface area contributed by atoms with Gasteiger partial charge in [0.1, 0.15) is 54.7 Å². The number of hydrogen-bond acceptors (Lipinski definition) is 14. The minimum atomic E-state index is -1.24. The monoisotopic (exact) mass is 1190 g/mol. The van der Waals surface area contributed by atoms with Gasteiger partial charge in [-0.15, -0.1) is 24.8 Å². The molecule has 0 aliphatic heterocycles. The molecule has 1 amide bonds. The first-order valence-corrected chi connectivity index (χ1v) is 26.3. The summed E-state index contributed by atoms with van der Waals surface area (Å²) in [6.07, 6.45) is 3.38. The van der Waals surface area contributed by atoms with Crippen molar-refractivity contribution in [2.24, 2.45) is 5.92 Å². The van der Waals surface area contributed by atoms with E-state index in [4.69, 9.17) is 45.1 Å². The number of aliphatic hydroxyl groups is 3. The number of rotatable bonds is 33. The smallest absolute Gasteiger partial charge is 0.546 e. The van der Waals surface area contributed by atoms with E-state index < -0.39 is 36.9 Å². The first-order valence-electron chi connectivity index (χ1n) is 26.0. The van der Waals surface area contributed by atoms with Crippen LogP contribution in [0.25, 0.3) is 0 Å². The van der Waals surface area contributed by atoms with E-state index in [0.717, 1.165) is 59.4 Å². The molecule has 0 saturated heterocycles. The molecule has 6 N–H and O–H groups in total. The number of unbranched alkanes of at least 4 members (excludes halogenated alkanes) is 1. The van der Waals surface area contributed by atoms with E-state index in [1.165, 1.54) is 0 Å². The predicted molar refractivity (Wildman–Crippen MR) is 312 cm³/mol. The fraction of sp³-hybridized carbons (Fsp3) is 0.361. The number of halogens is 3. The van der Waals surface area contributed by atoms with Crippen molar-refractivity contribution in [1.29, 1.82) is 0 Å². The SMILES string of the molecule is COCCNC(=O)COc1ccc(OCCNC[C@H](O)COc2ccccc2)cc1.C[C@@H](CC[C@H](O)c1cccc(Cl)c1)Cc1ccc(OCC(=O)[O-])cc1.Cl.Cl.O=C(O)Cc1ccc(OCCCC[C@H](O)c2ccccc2)cc1.[Na+]. The van der Waals surface area contributed by atoms with Crippen molar-refractivity contribution in [1.82, 2.24) is 10.6 Å². The van der Waals surface area contributed by atoms with E-state index in [2.05, 4.69) is 17.6 Å². The number of nitrogens with one attached hydrogen (secondary N) is 2. The average Bonchev–Trinajstić information content (AvgIpc) is 3.44. The topological polar surface area (TPSA) is 235 Å². The van der Waals surface area contributed by atoms with Crippen molar-refractivity contribution in [3.63, 3.8) is 0 Å². The second-order valence-electron chi connectivity index (χ2n) is 18.2. The summed E-state index contributed by atoms with van der Waals surface area (Å²) in [7, 11) is 1.58. The second-order valence-corrected chi connectivity index (χ2v) is 18.6. The van der Waals surface area contributed by atoms with E-state index in [9.17, 15) is 34.8 Å². The summed E-state index contributed by atoms with van der Waals surface area (Å²) in [6.45, 7) is 4.83. The maximum absolute atomic E-state index is 11.6. The van der Waals surface area contributed by atoms with Gasteiger partial charge >= 0.3 is 35.5 Å². The molecule has 0 saturated carbocycles. The number of ether oxygens (including phenoxy) is 6. The fourth-order valence-electron chi connectivity index (χ4n) is 7.44. The molecule has 0 aliphatic carbocycles. The number of carboxylic acids is 2. The Bertz CT molecular complexity index is 2580. The van der Waals surface area contributed by atoms with Crippen molar-refractivity contribution >= 4 is 54.3 Å². The Morgan fingerprint density at radius 3 is 1.70 bits per heavy atom. The second kappa shape index (κ2) is 44.0. The number of methoxy groups -OCH3 is 1. The molecule has 81 heavy (non-hydrogen) atoms. The Labute approximate surface area is 515 Å². The Kier molecular flexibility index (Phi) is 39.9. The van der Waals surface area contributed by atoms with Crippen LogP contribution in [0.2, 0.25) is 5.02 Å². The molecule has 0 spiro atoms. The molecule has 0 fully saturated rings. The largest absolute Gasteiger partial charge is 1.00 e. The molecular formula is C61H76Cl3N2NaO14. The summed E-state index contributed by atoms with van der Waals surface area (Å²) in [5, 5.41) is 55.8. The molecule has 6 aromatic carbocycles. The van der Waals surface area contributed by atoms with Crippen LogP contribution in [-0.2, 0) is 32.0 Å². The van der Waals surface area contributed by atoms with Crippen LogP contribution >= 0.6 is 36.4 Å². The first kappa shape index (κ1) is 73.4. The number of carbonyl (C=O) groups excluding carboxylic acids is 2. The zero-order chi connectivity index (χ0) is 56.2. The number of carbonyl (C=O) groups is 3. The number of aliphatic carboxylic acids is 2. The van der Waals surface area contributed by atoms with E-state index in [1.807, 2.05) is 84.9 Å². The summed E-state index contributed by atoms with van der Waals surface area (Å²) < 4.78 is 32.1. The number of benzene rings is 6. The molecule has 6 aromatic rings.